The third kappa shape index (κ3) is 2.68. The van der Waals surface area contributed by atoms with Gasteiger partial charge in [-0.3, -0.25) is 4.79 Å². The molecule has 1 aliphatic rings. The van der Waals surface area contributed by atoms with Crippen LogP contribution in [-0.2, 0) is 9.47 Å². The fraction of sp³-hybridized carbons (Fsp3) is 0.462. The maximum absolute atomic E-state index is 12.5. The van der Waals surface area contributed by atoms with Gasteiger partial charge in [0.2, 0.25) is 0 Å². The monoisotopic (exact) mass is 284 g/mol. The highest BCUT2D eigenvalue weighted by Crippen LogP contribution is 2.26. The van der Waals surface area contributed by atoms with Crippen molar-refractivity contribution in [2.75, 3.05) is 33.0 Å². The number of carbonyl (C=O) groups excluding carboxylic acids is 1. The van der Waals surface area contributed by atoms with Gasteiger partial charge in [-0.25, -0.2) is 0 Å². The molecule has 0 aromatic heterocycles. The number of nitrogens with two attached hydrogens (primary N) is 1. The maximum atomic E-state index is 12.5. The number of nitrogen functional groups attached to an aromatic ring is 1. The van der Waals surface area contributed by atoms with E-state index in [1.807, 2.05) is 0 Å². The van der Waals surface area contributed by atoms with Gasteiger partial charge in [0, 0.05) is 33.0 Å². The lowest BCUT2D eigenvalue weighted by Crippen LogP contribution is -2.30. The van der Waals surface area contributed by atoms with E-state index in [9.17, 15) is 4.79 Å². The minimum Gasteiger partial charge on any atom is -0.398 e. The van der Waals surface area contributed by atoms with E-state index in [-0.39, 0.29) is 18.1 Å². The van der Waals surface area contributed by atoms with E-state index in [1.165, 1.54) is 0 Å². The molecule has 2 atom stereocenters. The lowest BCUT2D eigenvalue weighted by molar-refractivity contribution is -0.00461. The first-order valence-corrected chi connectivity index (χ1v) is 6.35. The molecular formula is C13H17ClN2O3. The summed E-state index contributed by atoms with van der Waals surface area (Å²) >= 11 is 6.05. The van der Waals surface area contributed by atoms with E-state index in [4.69, 9.17) is 26.8 Å². The van der Waals surface area contributed by atoms with Gasteiger partial charge in [-0.15, -0.1) is 0 Å². The lowest BCUT2D eigenvalue weighted by atomic mass is 10.1. The van der Waals surface area contributed by atoms with Crippen LogP contribution >= 0.6 is 11.6 Å². The Morgan fingerprint density at radius 2 is 1.89 bits per heavy atom. The van der Waals surface area contributed by atoms with Crippen molar-refractivity contribution < 1.29 is 14.3 Å². The second kappa shape index (κ2) is 5.77. The average molecular weight is 285 g/mol. The summed E-state index contributed by atoms with van der Waals surface area (Å²) in [4.78, 5) is 14.1. The second-order valence-electron chi connectivity index (χ2n) is 4.46. The molecule has 1 heterocycles. The quantitative estimate of drug-likeness (QED) is 0.853. The normalized spacial score (nSPS) is 22.8. The molecule has 104 valence electrons. The Labute approximate surface area is 117 Å². The van der Waals surface area contributed by atoms with Crippen molar-refractivity contribution >= 4 is 23.2 Å². The Kier molecular flexibility index (Phi) is 4.29. The first-order chi connectivity index (χ1) is 9.08. The van der Waals surface area contributed by atoms with Crippen molar-refractivity contribution in [2.45, 2.75) is 12.2 Å². The summed E-state index contributed by atoms with van der Waals surface area (Å²) in [5.74, 6) is -0.190. The van der Waals surface area contributed by atoms with Crippen LogP contribution in [0.1, 0.15) is 10.4 Å². The van der Waals surface area contributed by atoms with E-state index in [0.29, 0.717) is 29.4 Å². The van der Waals surface area contributed by atoms with Crippen LogP contribution in [0.3, 0.4) is 0 Å². The number of nitrogens with zero attached hydrogens (tertiary/aromatic N) is 1. The molecule has 0 radical (unpaired) electrons. The van der Waals surface area contributed by atoms with Crippen molar-refractivity contribution in [3.63, 3.8) is 0 Å². The predicted molar refractivity (Wildman–Crippen MR) is 73.4 cm³/mol. The van der Waals surface area contributed by atoms with Gasteiger partial charge in [0.05, 0.1) is 10.6 Å². The molecule has 1 aliphatic heterocycles. The molecule has 1 amide bonds. The molecule has 2 N–H and O–H groups in total. The summed E-state index contributed by atoms with van der Waals surface area (Å²) < 4.78 is 10.6. The third-order valence-corrected chi connectivity index (χ3v) is 3.68. The van der Waals surface area contributed by atoms with Crippen LogP contribution < -0.4 is 5.73 Å². The molecule has 0 aliphatic carbocycles. The van der Waals surface area contributed by atoms with Gasteiger partial charge in [-0.05, 0) is 12.1 Å². The third-order valence-electron chi connectivity index (χ3n) is 3.37. The number of amides is 1. The van der Waals surface area contributed by atoms with Crippen LogP contribution in [0, 0.1) is 0 Å². The fourth-order valence-electron chi connectivity index (χ4n) is 2.29. The van der Waals surface area contributed by atoms with E-state index in [1.54, 1.807) is 37.3 Å². The zero-order valence-corrected chi connectivity index (χ0v) is 11.7. The van der Waals surface area contributed by atoms with Gasteiger partial charge in [-0.1, -0.05) is 17.7 Å². The van der Waals surface area contributed by atoms with Crippen molar-refractivity contribution in [3.8, 4) is 0 Å². The number of rotatable bonds is 3. The number of carbonyl (C=O) groups is 1. The topological polar surface area (TPSA) is 64.8 Å². The zero-order valence-electron chi connectivity index (χ0n) is 10.9. The summed E-state index contributed by atoms with van der Waals surface area (Å²) in [5, 5.41) is 0.361. The number of methoxy groups -OCH3 is 2. The number of hydrogen-bond donors (Lipinski definition) is 1. The van der Waals surface area contributed by atoms with Crippen LogP contribution in [0.15, 0.2) is 18.2 Å². The van der Waals surface area contributed by atoms with Gasteiger partial charge in [0.15, 0.2) is 0 Å². The Hall–Kier alpha value is -1.30. The number of hydrogen-bond acceptors (Lipinski definition) is 4. The summed E-state index contributed by atoms with van der Waals surface area (Å²) in [6.07, 6.45) is -0.254. The van der Waals surface area contributed by atoms with Gasteiger partial charge in [0.25, 0.3) is 5.91 Å². The maximum Gasteiger partial charge on any atom is 0.257 e. The van der Waals surface area contributed by atoms with Crippen LogP contribution in [0.4, 0.5) is 5.69 Å². The number of benzene rings is 1. The highest BCUT2D eigenvalue weighted by Gasteiger charge is 2.36. The summed E-state index contributed by atoms with van der Waals surface area (Å²) in [6.45, 7) is 0.941. The highest BCUT2D eigenvalue weighted by molar-refractivity contribution is 6.34. The van der Waals surface area contributed by atoms with E-state index in [2.05, 4.69) is 0 Å². The SMILES string of the molecule is COC1CN(C(=O)c2c(N)cccc2Cl)CC1OC. The lowest BCUT2D eigenvalue weighted by Gasteiger charge is -2.17. The standard InChI is InChI=1S/C13H17ClN2O3/c1-18-10-6-16(7-11(10)19-2)13(17)12-8(14)4-3-5-9(12)15/h3-5,10-11H,6-7,15H2,1-2H3. The number of ether oxygens (including phenoxy) is 2. The van der Waals surface area contributed by atoms with Crippen molar-refractivity contribution in [1.82, 2.24) is 4.90 Å². The molecule has 6 heteroatoms. The van der Waals surface area contributed by atoms with Crippen molar-refractivity contribution in [3.05, 3.63) is 28.8 Å². The van der Waals surface area contributed by atoms with Crippen LogP contribution in [0.2, 0.25) is 5.02 Å². The number of likely N-dealkylation sites (tertiary alicyclic amines) is 1. The Bertz CT molecular complexity index is 449. The summed E-state index contributed by atoms with van der Waals surface area (Å²) in [7, 11) is 3.21. The molecule has 1 fully saturated rings. The molecule has 0 bridgehead atoms. The van der Waals surface area contributed by atoms with Crippen LogP contribution in [0.25, 0.3) is 0 Å². The number of anilines is 1. The Balaban J connectivity index is 2.22. The van der Waals surface area contributed by atoms with Gasteiger partial charge >= 0.3 is 0 Å². The molecule has 5 nitrogen and oxygen atoms in total. The smallest absolute Gasteiger partial charge is 0.257 e. The molecule has 19 heavy (non-hydrogen) atoms. The zero-order chi connectivity index (χ0) is 14.0. The van der Waals surface area contributed by atoms with Gasteiger partial charge in [0.1, 0.15) is 12.2 Å². The van der Waals surface area contributed by atoms with Crippen LogP contribution in [0.5, 0.6) is 0 Å². The number of halogens is 1. The molecule has 0 spiro atoms. The van der Waals surface area contributed by atoms with Crippen molar-refractivity contribution in [2.24, 2.45) is 0 Å². The Morgan fingerprint density at radius 1 is 1.32 bits per heavy atom. The molecule has 2 rings (SSSR count). The minimum atomic E-state index is -0.190. The molecule has 1 saturated heterocycles. The first kappa shape index (κ1) is 14.1. The minimum absolute atomic E-state index is 0.127. The fourth-order valence-corrected chi connectivity index (χ4v) is 2.55. The predicted octanol–water partition coefficient (Wildman–Crippen LogP) is 1.41. The molecule has 1 aromatic rings. The van der Waals surface area contributed by atoms with E-state index < -0.39 is 0 Å². The van der Waals surface area contributed by atoms with Gasteiger partial charge in [-0.2, -0.15) is 0 Å². The second-order valence-corrected chi connectivity index (χ2v) is 4.87. The average Bonchev–Trinajstić information content (AvgIpc) is 2.81. The van der Waals surface area contributed by atoms with E-state index >= 15 is 0 Å². The van der Waals surface area contributed by atoms with Crippen LogP contribution in [-0.4, -0.2) is 50.3 Å². The largest absolute Gasteiger partial charge is 0.398 e. The molecule has 0 saturated carbocycles. The molecule has 2 unspecified atom stereocenters. The first-order valence-electron chi connectivity index (χ1n) is 5.97. The highest BCUT2D eigenvalue weighted by atomic mass is 35.5. The summed E-state index contributed by atoms with van der Waals surface area (Å²) in [6, 6.07) is 5.04. The summed E-state index contributed by atoms with van der Waals surface area (Å²) in [5.41, 5.74) is 6.55. The molecule has 1 aromatic carbocycles. The Morgan fingerprint density at radius 3 is 2.37 bits per heavy atom. The van der Waals surface area contributed by atoms with Crippen molar-refractivity contribution in [1.29, 1.82) is 0 Å². The van der Waals surface area contributed by atoms with Gasteiger partial charge < -0.3 is 20.1 Å². The van der Waals surface area contributed by atoms with E-state index in [0.717, 1.165) is 0 Å². The molecular weight excluding hydrogens is 268 g/mol.